The molecule has 98 valence electrons. The zero-order valence-electron chi connectivity index (χ0n) is 9.89. The van der Waals surface area contributed by atoms with Crippen molar-refractivity contribution in [2.45, 2.75) is 30.3 Å². The lowest BCUT2D eigenvalue weighted by Crippen LogP contribution is -2.21. The predicted octanol–water partition coefficient (Wildman–Crippen LogP) is 3.81. The maximum atomic E-state index is 11.0. The van der Waals surface area contributed by atoms with Crippen LogP contribution in [0.1, 0.15) is 29.6 Å². The lowest BCUT2D eigenvalue weighted by Gasteiger charge is -2.22. The van der Waals surface area contributed by atoms with E-state index in [9.17, 15) is 4.79 Å². The first-order chi connectivity index (χ1) is 8.66. The first-order valence-electron chi connectivity index (χ1n) is 5.94. The molecule has 1 N–H and O–H groups in total. The van der Waals surface area contributed by atoms with Gasteiger partial charge >= 0.3 is 5.97 Å². The number of thioether (sulfide) groups is 1. The molecule has 3 nitrogen and oxygen atoms in total. The fourth-order valence-electron chi connectivity index (χ4n) is 1.89. The van der Waals surface area contributed by atoms with E-state index in [2.05, 4.69) is 15.9 Å². The predicted molar refractivity (Wildman–Crippen MR) is 75.4 cm³/mol. The van der Waals surface area contributed by atoms with Gasteiger partial charge in [-0.2, -0.15) is 0 Å². The summed E-state index contributed by atoms with van der Waals surface area (Å²) < 4.78 is 6.27. The van der Waals surface area contributed by atoms with Gasteiger partial charge in [0, 0.05) is 21.7 Å². The van der Waals surface area contributed by atoms with Crippen LogP contribution in [0.3, 0.4) is 0 Å². The van der Waals surface area contributed by atoms with E-state index < -0.39 is 5.97 Å². The van der Waals surface area contributed by atoms with E-state index in [0.29, 0.717) is 16.1 Å². The molecule has 1 aliphatic rings. The van der Waals surface area contributed by atoms with Crippen molar-refractivity contribution < 1.29 is 14.6 Å². The highest BCUT2D eigenvalue weighted by atomic mass is 79.9. The summed E-state index contributed by atoms with van der Waals surface area (Å²) in [7, 11) is 0. The Bertz CT molecular complexity index is 430. The van der Waals surface area contributed by atoms with Gasteiger partial charge in [0.05, 0.1) is 11.7 Å². The zero-order chi connectivity index (χ0) is 13.0. The molecular formula is C13H15BrO3S. The van der Waals surface area contributed by atoms with Gasteiger partial charge in [-0.15, -0.1) is 11.8 Å². The van der Waals surface area contributed by atoms with Gasteiger partial charge < -0.3 is 9.84 Å². The number of aromatic carboxylic acids is 1. The van der Waals surface area contributed by atoms with Crippen molar-refractivity contribution in [3.8, 4) is 0 Å². The maximum absolute atomic E-state index is 11.0. The normalized spacial score (nSPS) is 19.7. The third-order valence-electron chi connectivity index (χ3n) is 2.88. The molecule has 0 bridgehead atoms. The summed E-state index contributed by atoms with van der Waals surface area (Å²) in [5.41, 5.74) is 0.310. The third-order valence-corrected chi connectivity index (χ3v) is 4.70. The Kier molecular flexibility index (Phi) is 5.09. The number of hydrogen-bond acceptors (Lipinski definition) is 3. The minimum atomic E-state index is -0.904. The summed E-state index contributed by atoms with van der Waals surface area (Å²) in [6.07, 6.45) is 3.80. The van der Waals surface area contributed by atoms with Crippen LogP contribution in [0.5, 0.6) is 0 Å². The summed E-state index contributed by atoms with van der Waals surface area (Å²) in [5, 5.41) is 9.04. The molecule has 1 saturated heterocycles. The van der Waals surface area contributed by atoms with E-state index in [-0.39, 0.29) is 0 Å². The third kappa shape index (κ3) is 3.73. The van der Waals surface area contributed by atoms with Crippen LogP contribution in [0.4, 0.5) is 0 Å². The van der Waals surface area contributed by atoms with Gasteiger partial charge in [0.2, 0.25) is 0 Å². The Labute approximate surface area is 119 Å². The molecule has 0 spiro atoms. The molecule has 1 heterocycles. The van der Waals surface area contributed by atoms with Crippen molar-refractivity contribution in [1.82, 2.24) is 0 Å². The highest BCUT2D eigenvalue weighted by Crippen LogP contribution is 2.27. The highest BCUT2D eigenvalue weighted by Gasteiger charge is 2.15. The van der Waals surface area contributed by atoms with E-state index in [1.54, 1.807) is 23.9 Å². The second-order valence-corrected chi connectivity index (χ2v) is 6.19. The van der Waals surface area contributed by atoms with Crippen LogP contribution in [-0.2, 0) is 4.74 Å². The first-order valence-corrected chi connectivity index (χ1v) is 7.72. The SMILES string of the molecule is O=C(O)c1cc(SCC2CCCCO2)ccc1Br. The fourth-order valence-corrected chi connectivity index (χ4v) is 3.31. The Balaban J connectivity index is 1.96. The summed E-state index contributed by atoms with van der Waals surface area (Å²) in [6.45, 7) is 0.853. The average Bonchev–Trinajstić information content (AvgIpc) is 2.38. The van der Waals surface area contributed by atoms with E-state index in [1.807, 2.05) is 6.07 Å². The summed E-state index contributed by atoms with van der Waals surface area (Å²) in [5.74, 6) is -0.0148. The molecule has 18 heavy (non-hydrogen) atoms. The smallest absolute Gasteiger partial charge is 0.336 e. The second kappa shape index (κ2) is 6.59. The highest BCUT2D eigenvalue weighted by molar-refractivity contribution is 9.10. The van der Waals surface area contributed by atoms with Crippen LogP contribution in [0, 0.1) is 0 Å². The standard InChI is InChI=1S/C13H15BrO3S/c14-12-5-4-10(7-11(12)13(15)16)18-8-9-3-1-2-6-17-9/h4-5,7,9H,1-3,6,8H2,(H,15,16). The van der Waals surface area contributed by atoms with Gasteiger partial charge in [0.25, 0.3) is 0 Å². The molecule has 0 radical (unpaired) electrons. The summed E-state index contributed by atoms with van der Waals surface area (Å²) >= 11 is 4.90. The number of ether oxygens (including phenoxy) is 1. The van der Waals surface area contributed by atoms with Crippen molar-refractivity contribution >= 4 is 33.7 Å². The molecule has 5 heteroatoms. The van der Waals surface area contributed by atoms with Gasteiger partial charge in [-0.1, -0.05) is 0 Å². The lowest BCUT2D eigenvalue weighted by molar-refractivity contribution is 0.0315. The Morgan fingerprint density at radius 3 is 3.00 bits per heavy atom. The van der Waals surface area contributed by atoms with E-state index in [1.165, 1.54) is 6.42 Å². The molecule has 1 fully saturated rings. The van der Waals surface area contributed by atoms with Crippen LogP contribution in [-0.4, -0.2) is 29.5 Å². The molecule has 1 unspecified atom stereocenters. The van der Waals surface area contributed by atoms with Gasteiger partial charge in [-0.05, 0) is 53.4 Å². The number of carbonyl (C=O) groups is 1. The molecule has 1 aromatic rings. The van der Waals surface area contributed by atoms with E-state index in [0.717, 1.165) is 30.1 Å². The molecule has 0 amide bonds. The maximum Gasteiger partial charge on any atom is 0.336 e. The number of carboxylic acids is 1. The molecular weight excluding hydrogens is 316 g/mol. The van der Waals surface area contributed by atoms with Crippen molar-refractivity contribution in [3.05, 3.63) is 28.2 Å². The Morgan fingerprint density at radius 1 is 1.50 bits per heavy atom. The van der Waals surface area contributed by atoms with Gasteiger partial charge in [-0.3, -0.25) is 0 Å². The van der Waals surface area contributed by atoms with Crippen molar-refractivity contribution in [3.63, 3.8) is 0 Å². The molecule has 2 rings (SSSR count). The molecule has 1 aromatic carbocycles. The minimum Gasteiger partial charge on any atom is -0.478 e. The van der Waals surface area contributed by atoms with E-state index in [4.69, 9.17) is 9.84 Å². The van der Waals surface area contributed by atoms with Gasteiger partial charge in [-0.25, -0.2) is 4.79 Å². The van der Waals surface area contributed by atoms with E-state index >= 15 is 0 Å². The summed E-state index contributed by atoms with van der Waals surface area (Å²) in [4.78, 5) is 12.0. The minimum absolute atomic E-state index is 0.306. The first kappa shape index (κ1) is 13.9. The topological polar surface area (TPSA) is 46.5 Å². The van der Waals surface area contributed by atoms with Crippen molar-refractivity contribution in [1.29, 1.82) is 0 Å². The van der Waals surface area contributed by atoms with Crippen LogP contribution in [0.25, 0.3) is 0 Å². The van der Waals surface area contributed by atoms with Crippen LogP contribution < -0.4 is 0 Å². The number of hydrogen-bond donors (Lipinski definition) is 1. The van der Waals surface area contributed by atoms with Crippen LogP contribution >= 0.6 is 27.7 Å². The largest absolute Gasteiger partial charge is 0.478 e. The summed E-state index contributed by atoms with van der Waals surface area (Å²) in [6, 6.07) is 5.43. The van der Waals surface area contributed by atoms with Crippen LogP contribution in [0.2, 0.25) is 0 Å². The van der Waals surface area contributed by atoms with Crippen molar-refractivity contribution in [2.24, 2.45) is 0 Å². The fraction of sp³-hybridized carbons (Fsp3) is 0.462. The number of halogens is 1. The number of rotatable bonds is 4. The Morgan fingerprint density at radius 2 is 2.33 bits per heavy atom. The molecule has 1 atom stereocenters. The molecule has 1 aliphatic heterocycles. The average molecular weight is 331 g/mol. The Hall–Kier alpha value is -0.520. The quantitative estimate of drug-likeness (QED) is 0.853. The van der Waals surface area contributed by atoms with Gasteiger partial charge in [0.15, 0.2) is 0 Å². The van der Waals surface area contributed by atoms with Crippen molar-refractivity contribution in [2.75, 3.05) is 12.4 Å². The number of carboxylic acid groups (broad SMARTS) is 1. The molecule has 0 aliphatic carbocycles. The molecule has 0 saturated carbocycles. The molecule has 0 aromatic heterocycles. The van der Waals surface area contributed by atoms with Gasteiger partial charge in [0.1, 0.15) is 0 Å². The second-order valence-electron chi connectivity index (χ2n) is 4.25. The zero-order valence-corrected chi connectivity index (χ0v) is 12.3. The monoisotopic (exact) mass is 330 g/mol. The lowest BCUT2D eigenvalue weighted by atomic mass is 10.1. The number of benzene rings is 1. The van der Waals surface area contributed by atoms with Crippen LogP contribution in [0.15, 0.2) is 27.6 Å².